The summed E-state index contributed by atoms with van der Waals surface area (Å²) in [5.41, 5.74) is 5.99. The van der Waals surface area contributed by atoms with Crippen LogP contribution in [-0.2, 0) is 6.54 Å². The van der Waals surface area contributed by atoms with Crippen molar-refractivity contribution in [1.82, 2.24) is 14.7 Å². The fourth-order valence-corrected chi connectivity index (χ4v) is 4.19. The molecule has 0 N–H and O–H groups in total. The molecule has 0 amide bonds. The second kappa shape index (κ2) is 6.50. The molecule has 5 heteroatoms. The van der Waals surface area contributed by atoms with E-state index in [1.54, 1.807) is 0 Å². The molecule has 0 bridgehead atoms. The summed E-state index contributed by atoms with van der Waals surface area (Å²) in [6.45, 7) is 5.00. The largest absolute Gasteiger partial charge is 0.356 e. The smallest absolute Gasteiger partial charge is 0.169 e. The van der Waals surface area contributed by atoms with E-state index in [1.165, 1.54) is 0 Å². The molecule has 0 unspecified atom stereocenters. The third-order valence-electron chi connectivity index (χ3n) is 5.17. The summed E-state index contributed by atoms with van der Waals surface area (Å²) in [6, 6.07) is 18.0. The van der Waals surface area contributed by atoms with Crippen LogP contribution in [-0.4, -0.2) is 14.7 Å². The zero-order chi connectivity index (χ0) is 19.3. The first-order chi connectivity index (χ1) is 13.7. The molecule has 5 rings (SSSR count). The molecule has 4 nitrogen and oxygen atoms in total. The van der Waals surface area contributed by atoms with Crippen LogP contribution in [0, 0.1) is 6.92 Å². The highest BCUT2D eigenvalue weighted by Gasteiger charge is 2.19. The molecule has 138 valence electrons. The summed E-state index contributed by atoms with van der Waals surface area (Å²) in [5.74, 6) is 0.703. The molecule has 0 aliphatic heterocycles. The molecule has 3 heterocycles. The third kappa shape index (κ3) is 2.53. The van der Waals surface area contributed by atoms with Crippen molar-refractivity contribution in [1.29, 1.82) is 0 Å². The van der Waals surface area contributed by atoms with Crippen molar-refractivity contribution in [2.75, 3.05) is 0 Å². The van der Waals surface area contributed by atoms with Gasteiger partial charge >= 0.3 is 0 Å². The number of aromatic nitrogens is 3. The Morgan fingerprint density at radius 1 is 1.00 bits per heavy atom. The normalized spacial score (nSPS) is 11.5. The Balaban J connectivity index is 1.82. The average molecular weight is 388 g/mol. The number of pyridine rings is 1. The fourth-order valence-electron chi connectivity index (χ4n) is 3.97. The maximum atomic E-state index is 6.50. The molecule has 0 aliphatic carbocycles. The summed E-state index contributed by atoms with van der Waals surface area (Å²) in [4.78, 5) is 4.49. The van der Waals surface area contributed by atoms with Gasteiger partial charge in [-0.15, -0.1) is 0 Å². The highest BCUT2D eigenvalue weighted by atomic mass is 35.5. The van der Waals surface area contributed by atoms with Gasteiger partial charge in [-0.2, -0.15) is 0 Å². The number of hydrogen-bond acceptors (Lipinski definition) is 3. The van der Waals surface area contributed by atoms with E-state index in [-0.39, 0.29) is 0 Å². The maximum Gasteiger partial charge on any atom is 0.169 e. The van der Waals surface area contributed by atoms with E-state index in [0.29, 0.717) is 10.8 Å². The molecular formula is C23H18ClN3O. The summed E-state index contributed by atoms with van der Waals surface area (Å²) >= 11 is 6.50. The fraction of sp³-hybridized carbons (Fsp3) is 0.130. The van der Waals surface area contributed by atoms with Gasteiger partial charge in [0.05, 0.1) is 16.7 Å². The monoisotopic (exact) mass is 387 g/mol. The van der Waals surface area contributed by atoms with Gasteiger partial charge in [-0.05, 0) is 32.0 Å². The topological polar surface area (TPSA) is 43.9 Å². The Hall–Kier alpha value is -3.11. The lowest BCUT2D eigenvalue weighted by atomic mass is 10.1. The van der Waals surface area contributed by atoms with E-state index in [1.807, 2.05) is 67.7 Å². The molecule has 28 heavy (non-hydrogen) atoms. The van der Waals surface area contributed by atoms with Crippen molar-refractivity contribution in [3.8, 4) is 22.6 Å². The first kappa shape index (κ1) is 17.0. The number of hydrogen-bond donors (Lipinski definition) is 0. The maximum absolute atomic E-state index is 6.50. The zero-order valence-corrected chi connectivity index (χ0v) is 16.4. The number of rotatable bonds is 3. The highest BCUT2D eigenvalue weighted by molar-refractivity contribution is 6.32. The van der Waals surface area contributed by atoms with E-state index < -0.39 is 0 Å². The Morgan fingerprint density at radius 2 is 1.82 bits per heavy atom. The molecule has 5 aromatic rings. The van der Waals surface area contributed by atoms with Gasteiger partial charge in [-0.1, -0.05) is 47.1 Å². The lowest BCUT2D eigenvalue weighted by Crippen LogP contribution is -1.97. The van der Waals surface area contributed by atoms with Crippen LogP contribution in [0.15, 0.2) is 65.3 Å². The van der Waals surface area contributed by atoms with Crippen molar-refractivity contribution < 1.29 is 4.52 Å². The van der Waals surface area contributed by atoms with Crippen LogP contribution >= 0.6 is 11.6 Å². The number of aryl methyl sites for hydroxylation is 2. The summed E-state index contributed by atoms with van der Waals surface area (Å²) < 4.78 is 8.04. The van der Waals surface area contributed by atoms with Crippen LogP contribution in [0.1, 0.15) is 12.6 Å². The predicted octanol–water partition coefficient (Wildman–Crippen LogP) is 6.49. The molecule has 2 aromatic carbocycles. The van der Waals surface area contributed by atoms with Gasteiger partial charge < -0.3 is 9.09 Å². The number of nitrogens with zero attached hydrogens (tertiary/aromatic N) is 3. The summed E-state index contributed by atoms with van der Waals surface area (Å²) in [5, 5.41) is 7.21. The van der Waals surface area contributed by atoms with Crippen molar-refractivity contribution in [2.24, 2.45) is 0 Å². The number of benzene rings is 2. The molecule has 0 radical (unpaired) electrons. The zero-order valence-electron chi connectivity index (χ0n) is 15.6. The minimum absolute atomic E-state index is 0.671. The molecule has 0 fully saturated rings. The van der Waals surface area contributed by atoms with E-state index in [9.17, 15) is 0 Å². The van der Waals surface area contributed by atoms with Crippen LogP contribution in [0.5, 0.6) is 0 Å². The van der Waals surface area contributed by atoms with Gasteiger partial charge in [0, 0.05) is 45.7 Å². The minimum Gasteiger partial charge on any atom is -0.356 e. The van der Waals surface area contributed by atoms with Crippen molar-refractivity contribution in [2.45, 2.75) is 20.4 Å². The van der Waals surface area contributed by atoms with Gasteiger partial charge in [0.1, 0.15) is 5.69 Å². The van der Waals surface area contributed by atoms with E-state index in [0.717, 1.165) is 50.9 Å². The van der Waals surface area contributed by atoms with Gasteiger partial charge in [0.2, 0.25) is 0 Å². The molecular weight excluding hydrogens is 370 g/mol. The Bertz CT molecular complexity index is 1320. The van der Waals surface area contributed by atoms with Crippen molar-refractivity contribution in [3.63, 3.8) is 0 Å². The van der Waals surface area contributed by atoms with Gasteiger partial charge in [0.25, 0.3) is 0 Å². The Kier molecular flexibility index (Phi) is 3.95. The quantitative estimate of drug-likeness (QED) is 0.355. The first-order valence-electron chi connectivity index (χ1n) is 9.27. The second-order valence-electron chi connectivity index (χ2n) is 6.83. The van der Waals surface area contributed by atoms with Crippen LogP contribution in [0.4, 0.5) is 0 Å². The summed E-state index contributed by atoms with van der Waals surface area (Å²) in [6.07, 6.45) is 1.85. The molecule has 0 saturated carbocycles. The molecule has 0 aliphatic rings. The first-order valence-corrected chi connectivity index (χ1v) is 9.64. The van der Waals surface area contributed by atoms with Gasteiger partial charge in [0.15, 0.2) is 5.76 Å². The van der Waals surface area contributed by atoms with E-state index >= 15 is 0 Å². The number of fused-ring (bicyclic) bond motifs is 3. The van der Waals surface area contributed by atoms with Crippen molar-refractivity contribution >= 4 is 33.4 Å². The lowest BCUT2D eigenvalue weighted by Gasteiger charge is -2.08. The van der Waals surface area contributed by atoms with Gasteiger partial charge in [-0.3, -0.25) is 4.98 Å². The Labute approximate surface area is 167 Å². The highest BCUT2D eigenvalue weighted by Crippen LogP contribution is 2.39. The summed E-state index contributed by atoms with van der Waals surface area (Å²) in [7, 11) is 0. The minimum atomic E-state index is 0.671. The average Bonchev–Trinajstić information content (AvgIpc) is 3.32. The second-order valence-corrected chi connectivity index (χ2v) is 7.27. The van der Waals surface area contributed by atoms with Crippen LogP contribution < -0.4 is 0 Å². The van der Waals surface area contributed by atoms with E-state index in [4.69, 9.17) is 16.1 Å². The third-order valence-corrected chi connectivity index (χ3v) is 5.39. The molecule has 0 saturated heterocycles. The van der Waals surface area contributed by atoms with Crippen LogP contribution in [0.2, 0.25) is 5.02 Å². The Morgan fingerprint density at radius 3 is 2.61 bits per heavy atom. The SMILES string of the molecule is CCn1c2c(-c3cc(-c4ccccc4)no3)cc(Cl)cc2c2ccnc(C)c21. The molecule has 0 spiro atoms. The molecule has 3 aromatic heterocycles. The predicted molar refractivity (Wildman–Crippen MR) is 114 cm³/mol. The number of halogens is 1. The lowest BCUT2D eigenvalue weighted by molar-refractivity contribution is 0.435. The standard InChI is InChI=1S/C23H18ClN3O/c1-3-27-22-14(2)25-10-9-17(22)18-11-16(24)12-19(23(18)27)21-13-20(26-28-21)15-7-5-4-6-8-15/h4-13H,3H2,1-2H3. The van der Waals surface area contributed by atoms with Crippen LogP contribution in [0.25, 0.3) is 44.4 Å². The molecule has 0 atom stereocenters. The van der Waals surface area contributed by atoms with Crippen molar-refractivity contribution in [3.05, 3.63) is 71.5 Å². The van der Waals surface area contributed by atoms with Gasteiger partial charge in [-0.25, -0.2) is 0 Å². The van der Waals surface area contributed by atoms with Crippen LogP contribution in [0.3, 0.4) is 0 Å². The van der Waals surface area contributed by atoms with E-state index in [2.05, 4.69) is 21.6 Å².